The fourth-order valence-electron chi connectivity index (χ4n) is 2.36. The Morgan fingerprint density at radius 1 is 1.65 bits per heavy atom. The summed E-state index contributed by atoms with van der Waals surface area (Å²) < 4.78 is 0. The van der Waals surface area contributed by atoms with Crippen molar-refractivity contribution >= 4 is 11.7 Å². The molecule has 1 saturated carbocycles. The first-order chi connectivity index (χ1) is 8.00. The molecule has 6 nitrogen and oxygen atoms in total. The van der Waals surface area contributed by atoms with E-state index in [-0.39, 0.29) is 5.91 Å². The Hall–Kier alpha value is -1.56. The first kappa shape index (κ1) is 11.9. The molecule has 17 heavy (non-hydrogen) atoms. The van der Waals surface area contributed by atoms with E-state index in [0.29, 0.717) is 18.1 Å². The predicted octanol–water partition coefficient (Wildman–Crippen LogP) is 0.369. The fraction of sp³-hybridized carbons (Fsp3) is 0.636. The second kappa shape index (κ2) is 4.37. The lowest BCUT2D eigenvalue weighted by Gasteiger charge is -2.28. The van der Waals surface area contributed by atoms with E-state index in [1.54, 1.807) is 7.05 Å². The molecular weight excluding hydrogens is 220 g/mol. The lowest BCUT2D eigenvalue weighted by molar-refractivity contribution is 0.0155. The van der Waals surface area contributed by atoms with Crippen LogP contribution in [0, 0.1) is 0 Å². The van der Waals surface area contributed by atoms with Crippen LogP contribution < -0.4 is 5.73 Å². The van der Waals surface area contributed by atoms with Crippen molar-refractivity contribution in [1.29, 1.82) is 0 Å². The number of H-pyrrole nitrogens is 1. The van der Waals surface area contributed by atoms with Crippen molar-refractivity contribution in [3.63, 3.8) is 0 Å². The van der Waals surface area contributed by atoms with Gasteiger partial charge < -0.3 is 15.7 Å². The molecule has 1 aromatic rings. The molecule has 0 radical (unpaired) electrons. The molecule has 6 heteroatoms. The summed E-state index contributed by atoms with van der Waals surface area (Å²) >= 11 is 0. The van der Waals surface area contributed by atoms with Crippen molar-refractivity contribution in [3.05, 3.63) is 11.8 Å². The smallest absolute Gasteiger partial charge is 0.271 e. The molecule has 2 rings (SSSR count). The summed E-state index contributed by atoms with van der Waals surface area (Å²) in [6, 6.07) is 1.50. The number of nitrogens with one attached hydrogen (secondary N) is 1. The third kappa shape index (κ3) is 2.58. The first-order valence-electron chi connectivity index (χ1n) is 5.79. The van der Waals surface area contributed by atoms with Crippen molar-refractivity contribution in [2.45, 2.75) is 31.3 Å². The highest BCUT2D eigenvalue weighted by Crippen LogP contribution is 2.30. The number of anilines is 1. The molecule has 0 atom stereocenters. The standard InChI is InChI=1S/C11H18N4O2/c1-15(7-11(17)4-2-3-5-11)10(16)8-6-9(12)14-13-8/h6,17H,2-5,7H2,1H3,(H3,12,13,14). The fourth-order valence-corrected chi connectivity index (χ4v) is 2.36. The number of aromatic amines is 1. The van der Waals surface area contributed by atoms with E-state index in [0.717, 1.165) is 25.7 Å². The van der Waals surface area contributed by atoms with Crippen LogP contribution in [0.4, 0.5) is 5.82 Å². The van der Waals surface area contributed by atoms with Crippen LogP contribution in [0.15, 0.2) is 6.07 Å². The summed E-state index contributed by atoms with van der Waals surface area (Å²) in [6.07, 6.45) is 3.57. The van der Waals surface area contributed by atoms with E-state index < -0.39 is 5.60 Å². The largest absolute Gasteiger partial charge is 0.388 e. The zero-order valence-corrected chi connectivity index (χ0v) is 9.94. The molecule has 1 aliphatic carbocycles. The predicted molar refractivity (Wildman–Crippen MR) is 63.4 cm³/mol. The number of hydrogen-bond donors (Lipinski definition) is 3. The Morgan fingerprint density at radius 3 is 2.82 bits per heavy atom. The number of carbonyl (C=O) groups excluding carboxylic acids is 1. The summed E-state index contributed by atoms with van der Waals surface area (Å²) in [6.45, 7) is 0.352. The maximum absolute atomic E-state index is 12.0. The number of aliphatic hydroxyl groups is 1. The zero-order chi connectivity index (χ0) is 12.5. The Morgan fingerprint density at radius 2 is 2.29 bits per heavy atom. The lowest BCUT2D eigenvalue weighted by Crippen LogP contribution is -2.42. The second-order valence-corrected chi connectivity index (χ2v) is 4.80. The Kier molecular flexibility index (Phi) is 3.06. The van der Waals surface area contributed by atoms with Gasteiger partial charge in [0.25, 0.3) is 5.91 Å². The molecule has 1 heterocycles. The Balaban J connectivity index is 2.00. The molecule has 94 valence electrons. The molecule has 0 saturated heterocycles. The van der Waals surface area contributed by atoms with Gasteiger partial charge in [0.15, 0.2) is 0 Å². The molecule has 1 aliphatic rings. The van der Waals surface area contributed by atoms with Gasteiger partial charge in [-0.1, -0.05) is 12.8 Å². The van der Waals surface area contributed by atoms with Crippen LogP contribution in [0.2, 0.25) is 0 Å². The maximum atomic E-state index is 12.0. The number of nitrogens with two attached hydrogens (primary N) is 1. The molecule has 0 aromatic carbocycles. The number of aromatic nitrogens is 2. The molecule has 0 unspecified atom stereocenters. The van der Waals surface area contributed by atoms with Gasteiger partial charge in [-0.25, -0.2) is 0 Å². The van der Waals surface area contributed by atoms with Gasteiger partial charge in [0.1, 0.15) is 11.5 Å². The van der Waals surface area contributed by atoms with Crippen LogP contribution in [0.25, 0.3) is 0 Å². The molecule has 1 aromatic heterocycles. The average molecular weight is 238 g/mol. The van der Waals surface area contributed by atoms with Gasteiger partial charge in [-0.3, -0.25) is 9.89 Å². The average Bonchev–Trinajstić information content (AvgIpc) is 2.86. The normalized spacial score (nSPS) is 18.2. The molecule has 0 spiro atoms. The highest BCUT2D eigenvalue weighted by molar-refractivity contribution is 5.92. The maximum Gasteiger partial charge on any atom is 0.271 e. The van der Waals surface area contributed by atoms with Gasteiger partial charge in [0.05, 0.1) is 5.60 Å². The van der Waals surface area contributed by atoms with Crippen molar-refractivity contribution in [2.24, 2.45) is 0 Å². The highest BCUT2D eigenvalue weighted by atomic mass is 16.3. The minimum Gasteiger partial charge on any atom is -0.388 e. The third-order valence-electron chi connectivity index (χ3n) is 3.24. The third-order valence-corrected chi connectivity index (χ3v) is 3.24. The van der Waals surface area contributed by atoms with Gasteiger partial charge in [0.2, 0.25) is 0 Å². The molecule has 4 N–H and O–H groups in total. The number of likely N-dealkylation sites (N-methyl/N-ethyl adjacent to an activating group) is 1. The second-order valence-electron chi connectivity index (χ2n) is 4.80. The van der Waals surface area contributed by atoms with E-state index in [2.05, 4.69) is 10.2 Å². The van der Waals surface area contributed by atoms with Crippen molar-refractivity contribution in [3.8, 4) is 0 Å². The van der Waals surface area contributed by atoms with Crippen LogP contribution in [0.3, 0.4) is 0 Å². The number of amides is 1. The van der Waals surface area contributed by atoms with Gasteiger partial charge in [-0.05, 0) is 12.8 Å². The first-order valence-corrected chi connectivity index (χ1v) is 5.79. The zero-order valence-electron chi connectivity index (χ0n) is 9.94. The van der Waals surface area contributed by atoms with Gasteiger partial charge in [0, 0.05) is 19.7 Å². The van der Waals surface area contributed by atoms with E-state index in [1.807, 2.05) is 0 Å². The van der Waals surface area contributed by atoms with Crippen LogP contribution >= 0.6 is 0 Å². The van der Waals surface area contributed by atoms with Crippen molar-refractivity contribution in [1.82, 2.24) is 15.1 Å². The number of hydrogen-bond acceptors (Lipinski definition) is 4. The van der Waals surface area contributed by atoms with Gasteiger partial charge in [-0.15, -0.1) is 0 Å². The minimum absolute atomic E-state index is 0.200. The highest BCUT2D eigenvalue weighted by Gasteiger charge is 2.33. The SMILES string of the molecule is CN(CC1(O)CCCC1)C(=O)c1cc(N)n[nH]1. The van der Waals surface area contributed by atoms with Crippen molar-refractivity contribution < 1.29 is 9.90 Å². The van der Waals surface area contributed by atoms with Crippen LogP contribution in [-0.4, -0.2) is 45.3 Å². The molecule has 1 fully saturated rings. The van der Waals surface area contributed by atoms with Gasteiger partial charge in [-0.2, -0.15) is 5.10 Å². The van der Waals surface area contributed by atoms with E-state index in [9.17, 15) is 9.90 Å². The number of nitrogen functional groups attached to an aromatic ring is 1. The van der Waals surface area contributed by atoms with Crippen LogP contribution in [0.5, 0.6) is 0 Å². The Labute approximate surface area is 99.8 Å². The van der Waals surface area contributed by atoms with Crippen LogP contribution in [0.1, 0.15) is 36.2 Å². The summed E-state index contributed by atoms with van der Waals surface area (Å²) in [4.78, 5) is 13.5. The summed E-state index contributed by atoms with van der Waals surface area (Å²) in [5.74, 6) is 0.0934. The lowest BCUT2D eigenvalue weighted by atomic mass is 10.0. The summed E-state index contributed by atoms with van der Waals surface area (Å²) in [7, 11) is 1.68. The summed E-state index contributed by atoms with van der Waals surface area (Å²) in [5, 5.41) is 16.5. The van der Waals surface area contributed by atoms with E-state index in [4.69, 9.17) is 5.73 Å². The topological polar surface area (TPSA) is 95.2 Å². The minimum atomic E-state index is -0.726. The molecule has 1 amide bonds. The molecule has 0 bridgehead atoms. The molecular formula is C11H18N4O2. The summed E-state index contributed by atoms with van der Waals surface area (Å²) in [5.41, 5.74) is 5.07. The monoisotopic (exact) mass is 238 g/mol. The molecule has 0 aliphatic heterocycles. The van der Waals surface area contributed by atoms with Crippen LogP contribution in [-0.2, 0) is 0 Å². The quantitative estimate of drug-likeness (QED) is 0.709. The van der Waals surface area contributed by atoms with E-state index in [1.165, 1.54) is 11.0 Å². The van der Waals surface area contributed by atoms with Gasteiger partial charge >= 0.3 is 0 Å². The van der Waals surface area contributed by atoms with E-state index >= 15 is 0 Å². The number of carbonyl (C=O) groups is 1. The number of rotatable bonds is 3. The Bertz CT molecular complexity index is 409. The number of nitrogens with zero attached hydrogens (tertiary/aromatic N) is 2. The van der Waals surface area contributed by atoms with Crippen molar-refractivity contribution in [2.75, 3.05) is 19.3 Å².